The molecule has 0 unspecified atom stereocenters. The van der Waals surface area contributed by atoms with Gasteiger partial charge in [0.05, 0.1) is 11.4 Å². The van der Waals surface area contributed by atoms with E-state index in [0.29, 0.717) is 23.0 Å². The van der Waals surface area contributed by atoms with E-state index in [4.69, 9.17) is 0 Å². The second kappa shape index (κ2) is 4.71. The van der Waals surface area contributed by atoms with Crippen LogP contribution in [-0.2, 0) is 6.18 Å². The van der Waals surface area contributed by atoms with Gasteiger partial charge >= 0.3 is 6.18 Å². The lowest BCUT2D eigenvalue weighted by Gasteiger charge is -2.11. The van der Waals surface area contributed by atoms with Crippen molar-refractivity contribution in [1.82, 2.24) is 29.5 Å². The van der Waals surface area contributed by atoms with Gasteiger partial charge in [0.2, 0.25) is 5.82 Å². The van der Waals surface area contributed by atoms with E-state index in [2.05, 4.69) is 25.0 Å². The van der Waals surface area contributed by atoms with Crippen LogP contribution >= 0.6 is 0 Å². The van der Waals surface area contributed by atoms with Crippen LogP contribution < -0.4 is 0 Å². The molecule has 3 aromatic rings. The first-order chi connectivity index (χ1) is 10.9. The predicted octanol–water partition coefficient (Wildman–Crippen LogP) is 2.79. The number of fused-ring (bicyclic) bond motifs is 1. The zero-order valence-corrected chi connectivity index (χ0v) is 12.0. The molecule has 0 spiro atoms. The number of halogens is 3. The summed E-state index contributed by atoms with van der Waals surface area (Å²) < 4.78 is 40.1. The summed E-state index contributed by atoms with van der Waals surface area (Å²) in [7, 11) is 0. The molecular formula is C14H11F3N6. The maximum absolute atomic E-state index is 12.9. The van der Waals surface area contributed by atoms with E-state index in [1.165, 1.54) is 17.0 Å². The Morgan fingerprint density at radius 3 is 2.65 bits per heavy atom. The summed E-state index contributed by atoms with van der Waals surface area (Å²) in [6.07, 6.45) is -0.0637. The van der Waals surface area contributed by atoms with Gasteiger partial charge in [0.25, 0.3) is 5.78 Å². The Labute approximate surface area is 128 Å². The molecule has 1 aliphatic rings. The molecule has 4 rings (SSSR count). The minimum absolute atomic E-state index is 0.187. The van der Waals surface area contributed by atoms with Gasteiger partial charge < -0.3 is 0 Å². The van der Waals surface area contributed by atoms with Crippen molar-refractivity contribution < 1.29 is 13.2 Å². The van der Waals surface area contributed by atoms with Crippen LogP contribution in [0.3, 0.4) is 0 Å². The normalized spacial score (nSPS) is 15.3. The average Bonchev–Trinajstić information content (AvgIpc) is 3.24. The van der Waals surface area contributed by atoms with Crippen molar-refractivity contribution in [3.63, 3.8) is 0 Å². The van der Waals surface area contributed by atoms with E-state index in [1.54, 1.807) is 13.0 Å². The third kappa shape index (κ3) is 2.41. The van der Waals surface area contributed by atoms with Crippen LogP contribution in [-0.4, -0.2) is 29.5 Å². The fourth-order valence-electron chi connectivity index (χ4n) is 2.43. The van der Waals surface area contributed by atoms with Crippen LogP contribution in [0.2, 0.25) is 0 Å². The molecule has 6 nitrogen and oxygen atoms in total. The Morgan fingerprint density at radius 2 is 1.96 bits per heavy atom. The van der Waals surface area contributed by atoms with Gasteiger partial charge in [-0.25, -0.2) is 15.0 Å². The maximum atomic E-state index is 12.9. The highest BCUT2D eigenvalue weighted by Crippen LogP contribution is 2.40. The third-order valence-electron chi connectivity index (χ3n) is 3.74. The lowest BCUT2D eigenvalue weighted by atomic mass is 10.1. The van der Waals surface area contributed by atoms with Gasteiger partial charge in [-0.3, -0.25) is 0 Å². The van der Waals surface area contributed by atoms with E-state index in [-0.39, 0.29) is 5.69 Å². The second-order valence-electron chi connectivity index (χ2n) is 5.54. The molecule has 9 heteroatoms. The van der Waals surface area contributed by atoms with E-state index in [0.717, 1.165) is 18.5 Å². The minimum Gasteiger partial charge on any atom is -0.233 e. The van der Waals surface area contributed by atoms with Gasteiger partial charge in [0, 0.05) is 17.8 Å². The fourth-order valence-corrected chi connectivity index (χ4v) is 2.43. The fraction of sp³-hybridized carbons (Fsp3) is 0.357. The van der Waals surface area contributed by atoms with Gasteiger partial charge in [-0.1, -0.05) is 0 Å². The molecule has 1 fully saturated rings. The molecule has 0 N–H and O–H groups in total. The third-order valence-corrected chi connectivity index (χ3v) is 3.74. The summed E-state index contributed by atoms with van der Waals surface area (Å²) in [4.78, 5) is 15.5. The lowest BCUT2D eigenvalue weighted by molar-refractivity contribution is -0.144. The Hall–Kier alpha value is -2.58. The summed E-state index contributed by atoms with van der Waals surface area (Å²) in [5.41, 5.74) is 1.97. The Balaban J connectivity index is 1.96. The van der Waals surface area contributed by atoms with Gasteiger partial charge in [-0.15, -0.1) is 0 Å². The van der Waals surface area contributed by atoms with Crippen LogP contribution in [0.4, 0.5) is 13.2 Å². The average molecular weight is 320 g/mol. The number of alkyl halides is 3. The first kappa shape index (κ1) is 14.0. The van der Waals surface area contributed by atoms with Crippen molar-refractivity contribution in [2.24, 2.45) is 0 Å². The van der Waals surface area contributed by atoms with Gasteiger partial charge in [-0.2, -0.15) is 27.8 Å². The number of aromatic nitrogens is 6. The summed E-state index contributed by atoms with van der Waals surface area (Å²) in [5.74, 6) is -0.480. The van der Waals surface area contributed by atoms with Crippen molar-refractivity contribution in [3.05, 3.63) is 35.7 Å². The molecule has 1 aliphatic carbocycles. The molecule has 0 aromatic carbocycles. The Morgan fingerprint density at radius 1 is 1.17 bits per heavy atom. The van der Waals surface area contributed by atoms with Crippen molar-refractivity contribution in [2.75, 3.05) is 0 Å². The summed E-state index contributed by atoms with van der Waals surface area (Å²) in [6, 6.07) is 1.74. The molecule has 0 aliphatic heterocycles. The molecule has 118 valence electrons. The minimum atomic E-state index is -4.60. The predicted molar refractivity (Wildman–Crippen MR) is 73.5 cm³/mol. The highest BCUT2D eigenvalue weighted by Gasteiger charge is 2.35. The van der Waals surface area contributed by atoms with E-state index in [9.17, 15) is 13.2 Å². The second-order valence-corrected chi connectivity index (χ2v) is 5.54. The Bertz CT molecular complexity index is 897. The van der Waals surface area contributed by atoms with Gasteiger partial charge in [-0.05, 0) is 31.4 Å². The number of aryl methyl sites for hydroxylation is 1. The quantitative estimate of drug-likeness (QED) is 0.726. The summed E-state index contributed by atoms with van der Waals surface area (Å²) >= 11 is 0. The van der Waals surface area contributed by atoms with Crippen LogP contribution in [0.15, 0.2) is 18.6 Å². The highest BCUT2D eigenvalue weighted by atomic mass is 19.4. The maximum Gasteiger partial charge on any atom is 0.451 e. The molecule has 3 aromatic heterocycles. The van der Waals surface area contributed by atoms with Gasteiger partial charge in [0.1, 0.15) is 6.33 Å². The number of hydrogen-bond donors (Lipinski definition) is 0. The van der Waals surface area contributed by atoms with E-state index >= 15 is 0 Å². The SMILES string of the molecule is Cc1cnc(C(F)(F)F)nc1-c1cc(C2CC2)nc2ncnn12. The molecular weight excluding hydrogens is 309 g/mol. The monoisotopic (exact) mass is 320 g/mol. The van der Waals surface area contributed by atoms with Crippen LogP contribution in [0.5, 0.6) is 0 Å². The number of nitrogens with zero attached hydrogens (tertiary/aromatic N) is 6. The van der Waals surface area contributed by atoms with E-state index < -0.39 is 12.0 Å². The first-order valence-electron chi connectivity index (χ1n) is 7.05. The standard InChI is InChI=1S/C14H11F3N6/c1-7-5-18-12(14(15,16)17)22-11(7)10-4-9(8-2-3-8)21-13-19-6-20-23(10)13/h4-6,8H,2-3H2,1H3. The topological polar surface area (TPSA) is 68.9 Å². The highest BCUT2D eigenvalue weighted by molar-refractivity contribution is 5.61. The first-order valence-corrected chi connectivity index (χ1v) is 7.05. The smallest absolute Gasteiger partial charge is 0.233 e. The molecule has 3 heterocycles. The zero-order valence-electron chi connectivity index (χ0n) is 12.0. The number of rotatable bonds is 2. The van der Waals surface area contributed by atoms with Crippen molar-refractivity contribution in [3.8, 4) is 11.4 Å². The summed E-state index contributed by atoms with van der Waals surface area (Å²) in [6.45, 7) is 1.66. The molecule has 0 saturated heterocycles. The van der Waals surface area contributed by atoms with Crippen LogP contribution in [0, 0.1) is 6.92 Å². The molecule has 23 heavy (non-hydrogen) atoms. The van der Waals surface area contributed by atoms with Crippen LogP contribution in [0.25, 0.3) is 17.2 Å². The molecule has 1 saturated carbocycles. The van der Waals surface area contributed by atoms with E-state index in [1.807, 2.05) is 0 Å². The van der Waals surface area contributed by atoms with Crippen molar-refractivity contribution >= 4 is 5.78 Å². The zero-order chi connectivity index (χ0) is 16.2. The largest absolute Gasteiger partial charge is 0.451 e. The molecule has 0 amide bonds. The van der Waals surface area contributed by atoms with Crippen molar-refractivity contribution in [2.45, 2.75) is 31.9 Å². The molecule has 0 bridgehead atoms. The number of hydrogen-bond acceptors (Lipinski definition) is 5. The molecule has 0 atom stereocenters. The molecule has 0 radical (unpaired) electrons. The Kier molecular flexibility index (Phi) is 2.87. The lowest BCUT2D eigenvalue weighted by Crippen LogP contribution is -2.13. The van der Waals surface area contributed by atoms with Crippen molar-refractivity contribution in [1.29, 1.82) is 0 Å². The van der Waals surface area contributed by atoms with Gasteiger partial charge in [0.15, 0.2) is 0 Å². The summed E-state index contributed by atoms with van der Waals surface area (Å²) in [5, 5.41) is 4.05. The van der Waals surface area contributed by atoms with Crippen LogP contribution in [0.1, 0.15) is 35.8 Å².